The highest BCUT2D eigenvalue weighted by Crippen LogP contribution is 2.40. The zero-order valence-corrected chi connectivity index (χ0v) is 13.9. The first-order chi connectivity index (χ1) is 11.5. The van der Waals surface area contributed by atoms with Gasteiger partial charge >= 0.3 is 0 Å². The van der Waals surface area contributed by atoms with E-state index in [9.17, 15) is 5.26 Å². The second kappa shape index (κ2) is 6.84. The van der Waals surface area contributed by atoms with Crippen molar-refractivity contribution in [3.63, 3.8) is 0 Å². The van der Waals surface area contributed by atoms with Crippen LogP contribution < -0.4 is 0 Å². The number of hydrogen-bond donors (Lipinski definition) is 0. The standard InChI is InChI=1S/C18H12N4OS/c1-18(2)16(6-5-13-3-4-14(24-13)7-8-19)15(11-22)17(23-18)12(9-20)10-21/h3-6H,7H2,1-2H3. The lowest BCUT2D eigenvalue weighted by Crippen LogP contribution is -2.20. The van der Waals surface area contributed by atoms with Crippen LogP contribution in [0, 0.1) is 45.3 Å². The average Bonchev–Trinajstić information content (AvgIpc) is 3.08. The molecule has 0 atom stereocenters. The topological polar surface area (TPSA) is 104 Å². The molecular weight excluding hydrogens is 320 g/mol. The quantitative estimate of drug-likeness (QED) is 0.784. The molecule has 0 aromatic carbocycles. The van der Waals surface area contributed by atoms with Gasteiger partial charge in [0, 0.05) is 15.3 Å². The van der Waals surface area contributed by atoms with Gasteiger partial charge in [-0.3, -0.25) is 0 Å². The predicted molar refractivity (Wildman–Crippen MR) is 88.7 cm³/mol. The van der Waals surface area contributed by atoms with Crippen molar-refractivity contribution in [3.8, 4) is 24.3 Å². The monoisotopic (exact) mass is 332 g/mol. The van der Waals surface area contributed by atoms with Gasteiger partial charge in [0.2, 0.25) is 0 Å². The molecule has 0 spiro atoms. The van der Waals surface area contributed by atoms with Crippen LogP contribution in [-0.4, -0.2) is 5.60 Å². The van der Waals surface area contributed by atoms with E-state index < -0.39 is 5.60 Å². The van der Waals surface area contributed by atoms with Crippen molar-refractivity contribution < 1.29 is 4.74 Å². The van der Waals surface area contributed by atoms with E-state index in [-0.39, 0.29) is 16.9 Å². The van der Waals surface area contributed by atoms with E-state index in [1.165, 1.54) is 11.3 Å². The molecule has 1 aliphatic heterocycles. The third-order valence-corrected chi connectivity index (χ3v) is 4.47. The largest absolute Gasteiger partial charge is 0.480 e. The van der Waals surface area contributed by atoms with Gasteiger partial charge in [-0.2, -0.15) is 21.0 Å². The van der Waals surface area contributed by atoms with Crippen molar-refractivity contribution in [2.75, 3.05) is 0 Å². The van der Waals surface area contributed by atoms with E-state index in [0.717, 1.165) is 9.75 Å². The van der Waals surface area contributed by atoms with Crippen LogP contribution in [0.4, 0.5) is 0 Å². The molecule has 1 aromatic rings. The summed E-state index contributed by atoms with van der Waals surface area (Å²) in [5.74, 6) is 0.0310. The number of ether oxygens (including phenoxy) is 1. The molecule has 0 aliphatic carbocycles. The first kappa shape index (κ1) is 17.0. The highest BCUT2D eigenvalue weighted by atomic mass is 32.1. The SMILES string of the molecule is CC1(C)OC(=C(C#N)C#N)C(C#N)=C1C=Cc1ccc(CC#N)s1. The lowest BCUT2D eigenvalue weighted by molar-refractivity contribution is 0.0954. The van der Waals surface area contributed by atoms with Crippen LogP contribution in [0.5, 0.6) is 0 Å². The maximum atomic E-state index is 9.44. The molecule has 0 bridgehead atoms. The summed E-state index contributed by atoms with van der Waals surface area (Å²) in [4.78, 5) is 1.91. The Labute approximate surface area is 144 Å². The second-order valence-corrected chi connectivity index (χ2v) is 6.61. The van der Waals surface area contributed by atoms with Crippen LogP contribution in [0.1, 0.15) is 23.6 Å². The Hall–Kier alpha value is -3.32. The Morgan fingerprint density at radius 2 is 1.88 bits per heavy atom. The molecule has 0 fully saturated rings. The first-order valence-corrected chi connectivity index (χ1v) is 7.81. The van der Waals surface area contributed by atoms with E-state index >= 15 is 0 Å². The van der Waals surface area contributed by atoms with Crippen LogP contribution in [0.25, 0.3) is 6.08 Å². The minimum atomic E-state index is -0.817. The van der Waals surface area contributed by atoms with E-state index in [4.69, 9.17) is 20.5 Å². The van der Waals surface area contributed by atoms with Gasteiger partial charge in [0.15, 0.2) is 11.3 Å². The fraction of sp³-hybridized carbons (Fsp3) is 0.222. The van der Waals surface area contributed by atoms with Crippen molar-refractivity contribution in [2.24, 2.45) is 0 Å². The van der Waals surface area contributed by atoms with E-state index in [1.54, 1.807) is 32.1 Å². The van der Waals surface area contributed by atoms with Gasteiger partial charge in [0.05, 0.1) is 12.5 Å². The minimum absolute atomic E-state index is 0.0310. The number of rotatable bonds is 3. The maximum absolute atomic E-state index is 9.44. The molecule has 0 unspecified atom stereocenters. The number of nitriles is 4. The molecule has 24 heavy (non-hydrogen) atoms. The summed E-state index contributed by atoms with van der Waals surface area (Å²) in [6.07, 6.45) is 3.96. The van der Waals surface area contributed by atoms with Crippen LogP contribution in [0.3, 0.4) is 0 Å². The van der Waals surface area contributed by atoms with Crippen molar-refractivity contribution in [1.29, 1.82) is 21.0 Å². The fourth-order valence-electron chi connectivity index (χ4n) is 2.30. The number of allylic oxidation sites excluding steroid dienone is 2. The van der Waals surface area contributed by atoms with E-state index in [0.29, 0.717) is 12.0 Å². The molecule has 2 heterocycles. The summed E-state index contributed by atoms with van der Waals surface area (Å²) in [7, 11) is 0. The predicted octanol–water partition coefficient (Wildman–Crippen LogP) is 3.76. The van der Waals surface area contributed by atoms with Crippen LogP contribution >= 0.6 is 11.3 Å². The number of thiophene rings is 1. The Kier molecular flexibility index (Phi) is 4.86. The van der Waals surface area contributed by atoms with Gasteiger partial charge < -0.3 is 4.74 Å². The zero-order valence-electron chi connectivity index (χ0n) is 13.1. The molecule has 0 saturated carbocycles. The second-order valence-electron chi connectivity index (χ2n) is 5.41. The third-order valence-electron chi connectivity index (χ3n) is 3.41. The van der Waals surface area contributed by atoms with Crippen LogP contribution in [0.15, 0.2) is 40.7 Å². The smallest absolute Gasteiger partial charge is 0.172 e. The molecule has 0 N–H and O–H groups in total. The molecule has 5 nitrogen and oxygen atoms in total. The highest BCUT2D eigenvalue weighted by Gasteiger charge is 2.38. The van der Waals surface area contributed by atoms with Crippen molar-refractivity contribution in [2.45, 2.75) is 25.9 Å². The maximum Gasteiger partial charge on any atom is 0.172 e. The Balaban J connectivity index is 2.47. The molecule has 116 valence electrons. The molecule has 0 amide bonds. The summed E-state index contributed by atoms with van der Waals surface area (Å²) in [5, 5.41) is 36.2. The lowest BCUT2D eigenvalue weighted by atomic mass is 9.94. The summed E-state index contributed by atoms with van der Waals surface area (Å²) in [6.45, 7) is 3.55. The van der Waals surface area contributed by atoms with Gasteiger partial charge in [-0.15, -0.1) is 11.3 Å². The normalized spacial score (nSPS) is 15.3. The van der Waals surface area contributed by atoms with Crippen LogP contribution in [0.2, 0.25) is 0 Å². The van der Waals surface area contributed by atoms with Crippen molar-refractivity contribution in [1.82, 2.24) is 0 Å². The Morgan fingerprint density at radius 1 is 1.17 bits per heavy atom. The van der Waals surface area contributed by atoms with Crippen LogP contribution in [-0.2, 0) is 11.2 Å². The summed E-state index contributed by atoms with van der Waals surface area (Å²) >= 11 is 1.49. The molecule has 2 rings (SSSR count). The van der Waals surface area contributed by atoms with Gasteiger partial charge in [0.25, 0.3) is 0 Å². The number of hydrogen-bond acceptors (Lipinski definition) is 6. The van der Waals surface area contributed by atoms with Gasteiger partial charge in [0.1, 0.15) is 29.4 Å². The molecule has 1 aromatic heterocycles. The van der Waals surface area contributed by atoms with Gasteiger partial charge in [-0.1, -0.05) is 6.08 Å². The first-order valence-electron chi connectivity index (χ1n) is 6.99. The van der Waals surface area contributed by atoms with Crippen molar-refractivity contribution in [3.05, 3.63) is 50.4 Å². The molecular formula is C18H12N4OS. The molecule has 0 saturated heterocycles. The summed E-state index contributed by atoms with van der Waals surface area (Å²) in [5.41, 5.74) is -0.223. The summed E-state index contributed by atoms with van der Waals surface area (Å²) in [6, 6.07) is 11.4. The lowest BCUT2D eigenvalue weighted by Gasteiger charge is -2.20. The van der Waals surface area contributed by atoms with Gasteiger partial charge in [-0.05, 0) is 32.1 Å². The Bertz CT molecular complexity index is 917. The molecule has 0 radical (unpaired) electrons. The van der Waals surface area contributed by atoms with E-state index in [1.807, 2.05) is 24.3 Å². The minimum Gasteiger partial charge on any atom is -0.480 e. The molecule has 1 aliphatic rings. The Morgan fingerprint density at radius 3 is 2.46 bits per heavy atom. The fourth-order valence-corrected chi connectivity index (χ4v) is 3.15. The third kappa shape index (κ3) is 3.21. The van der Waals surface area contributed by atoms with E-state index in [2.05, 4.69) is 6.07 Å². The molecule has 6 heteroatoms. The average molecular weight is 332 g/mol. The van der Waals surface area contributed by atoms with Crippen molar-refractivity contribution >= 4 is 17.4 Å². The van der Waals surface area contributed by atoms with Gasteiger partial charge in [-0.25, -0.2) is 0 Å². The number of nitrogens with zero attached hydrogens (tertiary/aromatic N) is 4. The summed E-state index contributed by atoms with van der Waals surface area (Å²) < 4.78 is 5.69. The highest BCUT2D eigenvalue weighted by molar-refractivity contribution is 7.12. The zero-order chi connectivity index (χ0) is 17.7.